The van der Waals surface area contributed by atoms with E-state index in [1.165, 1.54) is 0 Å². The second kappa shape index (κ2) is 7.58. The molecule has 0 aromatic heterocycles. The van der Waals surface area contributed by atoms with Crippen LogP contribution in [0.15, 0.2) is 0 Å². The van der Waals surface area contributed by atoms with Crippen molar-refractivity contribution in [3.63, 3.8) is 0 Å². The van der Waals surface area contributed by atoms with E-state index in [0.29, 0.717) is 6.61 Å². The molecule has 0 bridgehead atoms. The molecule has 0 aliphatic carbocycles. The fourth-order valence-corrected chi connectivity index (χ4v) is 0.612. The number of hydrogen-bond donors (Lipinski definition) is 2. The van der Waals surface area contributed by atoms with Crippen LogP contribution in [0.3, 0.4) is 0 Å². The highest BCUT2D eigenvalue weighted by Crippen LogP contribution is 2.01. The fourth-order valence-electron chi connectivity index (χ4n) is 0.503. The number of carboxylic acid groups (broad SMARTS) is 1. The number of carbonyl (C=O) groups is 2. The first-order valence-electron chi connectivity index (χ1n) is 4.02. The SMILES string of the molecule is CC(C)(N)CC(=O)O.CCOC(=O)Cl. The molecule has 0 aliphatic heterocycles. The Morgan fingerprint density at radius 1 is 1.50 bits per heavy atom. The molecule has 0 saturated heterocycles. The first-order valence-corrected chi connectivity index (χ1v) is 4.39. The zero-order valence-corrected chi connectivity index (χ0v) is 9.30. The molecule has 0 radical (unpaired) electrons. The van der Waals surface area contributed by atoms with Crippen LogP contribution in [0.4, 0.5) is 4.79 Å². The van der Waals surface area contributed by atoms with Crippen molar-refractivity contribution < 1.29 is 19.4 Å². The molecule has 5 nitrogen and oxygen atoms in total. The molecule has 84 valence electrons. The van der Waals surface area contributed by atoms with Crippen LogP contribution in [-0.4, -0.2) is 28.7 Å². The van der Waals surface area contributed by atoms with Gasteiger partial charge in [0.15, 0.2) is 0 Å². The summed E-state index contributed by atoms with van der Waals surface area (Å²) in [7, 11) is 0. The fraction of sp³-hybridized carbons (Fsp3) is 0.750. The van der Waals surface area contributed by atoms with Gasteiger partial charge in [-0.05, 0) is 20.8 Å². The van der Waals surface area contributed by atoms with Gasteiger partial charge in [-0.3, -0.25) is 4.79 Å². The quantitative estimate of drug-likeness (QED) is 0.712. The van der Waals surface area contributed by atoms with E-state index in [-0.39, 0.29) is 6.42 Å². The Morgan fingerprint density at radius 2 is 1.93 bits per heavy atom. The Balaban J connectivity index is 0. The van der Waals surface area contributed by atoms with E-state index in [0.717, 1.165) is 0 Å². The summed E-state index contributed by atoms with van der Waals surface area (Å²) in [6.07, 6.45) is 0.0208. The standard InChI is InChI=1S/C5H11NO2.C3H5ClO2/c1-5(2,6)3-4(7)8;1-2-6-3(4)5/h3,6H2,1-2H3,(H,7,8);2H2,1H3. The second-order valence-electron chi connectivity index (χ2n) is 3.23. The van der Waals surface area contributed by atoms with Crippen molar-refractivity contribution >= 4 is 23.0 Å². The molecule has 0 saturated carbocycles. The average molecular weight is 226 g/mol. The van der Waals surface area contributed by atoms with Gasteiger partial charge in [0.1, 0.15) is 0 Å². The molecule has 6 heteroatoms. The second-order valence-corrected chi connectivity index (χ2v) is 3.54. The number of rotatable bonds is 3. The third-order valence-corrected chi connectivity index (χ3v) is 0.974. The monoisotopic (exact) mass is 225 g/mol. The molecule has 0 aromatic carbocycles. The summed E-state index contributed by atoms with van der Waals surface area (Å²) in [5, 5.41) is 8.17. The molecule has 3 N–H and O–H groups in total. The molecule has 0 aliphatic rings. The van der Waals surface area contributed by atoms with Gasteiger partial charge in [0, 0.05) is 17.1 Å². The lowest BCUT2D eigenvalue weighted by molar-refractivity contribution is -0.138. The van der Waals surface area contributed by atoms with Crippen molar-refractivity contribution in [2.24, 2.45) is 5.73 Å². The van der Waals surface area contributed by atoms with E-state index in [4.69, 9.17) is 22.4 Å². The highest BCUT2D eigenvalue weighted by molar-refractivity contribution is 6.61. The van der Waals surface area contributed by atoms with E-state index >= 15 is 0 Å². The minimum atomic E-state index is -0.850. The predicted molar refractivity (Wildman–Crippen MR) is 53.4 cm³/mol. The van der Waals surface area contributed by atoms with Crippen LogP contribution in [0.5, 0.6) is 0 Å². The Morgan fingerprint density at radius 3 is 1.93 bits per heavy atom. The normalized spacial score (nSPS) is 9.79. The summed E-state index contributed by atoms with van der Waals surface area (Å²) in [4.78, 5) is 19.5. The van der Waals surface area contributed by atoms with Crippen LogP contribution in [0.2, 0.25) is 0 Å². The summed E-state index contributed by atoms with van der Waals surface area (Å²) in [5.41, 5.74) is 4.04. The van der Waals surface area contributed by atoms with Gasteiger partial charge in [-0.25, -0.2) is 4.79 Å². The summed E-state index contributed by atoms with van der Waals surface area (Å²) in [6.45, 7) is 5.41. The Hall–Kier alpha value is -0.810. The number of aliphatic carboxylic acids is 1. The van der Waals surface area contributed by atoms with Crippen molar-refractivity contribution in [1.29, 1.82) is 0 Å². The summed E-state index contributed by atoms with van der Waals surface area (Å²) in [6, 6.07) is 0. The lowest BCUT2D eigenvalue weighted by atomic mass is 10.0. The number of halogens is 1. The van der Waals surface area contributed by atoms with Gasteiger partial charge in [-0.2, -0.15) is 0 Å². The third kappa shape index (κ3) is 22.5. The molecule has 0 unspecified atom stereocenters. The number of carboxylic acids is 1. The zero-order chi connectivity index (χ0) is 11.8. The molecular weight excluding hydrogens is 210 g/mol. The topological polar surface area (TPSA) is 89.6 Å². The average Bonchev–Trinajstić information content (AvgIpc) is 1.80. The van der Waals surface area contributed by atoms with Gasteiger partial charge in [0.25, 0.3) is 0 Å². The van der Waals surface area contributed by atoms with Gasteiger partial charge in [-0.1, -0.05) is 0 Å². The zero-order valence-electron chi connectivity index (χ0n) is 8.54. The van der Waals surface area contributed by atoms with Crippen LogP contribution in [0.25, 0.3) is 0 Å². The molecule has 0 amide bonds. The Kier molecular flexibility index (Phi) is 8.48. The minimum absolute atomic E-state index is 0.0208. The molecule has 0 atom stereocenters. The van der Waals surface area contributed by atoms with Gasteiger partial charge in [0.2, 0.25) is 0 Å². The number of nitrogens with two attached hydrogens (primary N) is 1. The smallest absolute Gasteiger partial charge is 0.403 e. The predicted octanol–water partition coefficient (Wildman–Crippen LogP) is 1.58. The van der Waals surface area contributed by atoms with E-state index < -0.39 is 16.9 Å². The Labute approximate surface area is 88.2 Å². The first-order chi connectivity index (χ1) is 6.19. The Bertz CT molecular complexity index is 188. The molecule has 0 spiro atoms. The molecule has 0 fully saturated rings. The number of hydrogen-bond acceptors (Lipinski definition) is 4. The van der Waals surface area contributed by atoms with E-state index in [1.807, 2.05) is 0 Å². The summed E-state index contributed by atoms with van der Waals surface area (Å²) in [5.74, 6) is -0.850. The van der Waals surface area contributed by atoms with E-state index in [9.17, 15) is 9.59 Å². The van der Waals surface area contributed by atoms with Crippen molar-refractivity contribution in [2.75, 3.05) is 6.61 Å². The van der Waals surface area contributed by atoms with Crippen molar-refractivity contribution in [3.8, 4) is 0 Å². The van der Waals surface area contributed by atoms with Crippen molar-refractivity contribution in [3.05, 3.63) is 0 Å². The lowest BCUT2D eigenvalue weighted by Crippen LogP contribution is -2.34. The van der Waals surface area contributed by atoms with E-state index in [1.54, 1.807) is 20.8 Å². The lowest BCUT2D eigenvalue weighted by Gasteiger charge is -2.13. The molecular formula is C8H16ClNO4. The molecule has 0 aromatic rings. The number of carbonyl (C=O) groups excluding carboxylic acids is 1. The highest BCUT2D eigenvalue weighted by Gasteiger charge is 2.14. The maximum absolute atomic E-state index is 9.93. The molecule has 14 heavy (non-hydrogen) atoms. The van der Waals surface area contributed by atoms with Crippen LogP contribution in [0.1, 0.15) is 27.2 Å². The third-order valence-electron chi connectivity index (χ3n) is 0.865. The van der Waals surface area contributed by atoms with Crippen LogP contribution < -0.4 is 5.73 Å². The van der Waals surface area contributed by atoms with Crippen LogP contribution >= 0.6 is 11.6 Å². The minimum Gasteiger partial charge on any atom is -0.481 e. The van der Waals surface area contributed by atoms with Crippen molar-refractivity contribution in [1.82, 2.24) is 0 Å². The largest absolute Gasteiger partial charge is 0.481 e. The molecule has 0 rings (SSSR count). The number of ether oxygens (including phenoxy) is 1. The molecule has 0 heterocycles. The van der Waals surface area contributed by atoms with Gasteiger partial charge in [0.05, 0.1) is 13.0 Å². The maximum atomic E-state index is 9.93. The van der Waals surface area contributed by atoms with Gasteiger partial charge < -0.3 is 15.6 Å². The van der Waals surface area contributed by atoms with Crippen LogP contribution in [0, 0.1) is 0 Å². The highest BCUT2D eigenvalue weighted by atomic mass is 35.5. The summed E-state index contributed by atoms with van der Waals surface area (Å²) < 4.78 is 4.17. The van der Waals surface area contributed by atoms with Crippen molar-refractivity contribution in [2.45, 2.75) is 32.7 Å². The van der Waals surface area contributed by atoms with E-state index in [2.05, 4.69) is 4.74 Å². The van der Waals surface area contributed by atoms with Gasteiger partial charge in [-0.15, -0.1) is 0 Å². The van der Waals surface area contributed by atoms with Gasteiger partial charge >= 0.3 is 11.4 Å². The summed E-state index contributed by atoms with van der Waals surface area (Å²) >= 11 is 4.72. The maximum Gasteiger partial charge on any atom is 0.403 e. The van der Waals surface area contributed by atoms with Crippen LogP contribution in [-0.2, 0) is 9.53 Å². The first kappa shape index (κ1) is 15.7.